The number of aromatic nitrogens is 5. The molecule has 1 aliphatic heterocycles. The summed E-state index contributed by atoms with van der Waals surface area (Å²) in [6.07, 6.45) is 0.794. The second kappa shape index (κ2) is 7.37. The average Bonchev–Trinajstić information content (AvgIpc) is 3.33. The molecule has 1 unspecified atom stereocenters. The van der Waals surface area contributed by atoms with Gasteiger partial charge in [-0.2, -0.15) is 4.68 Å². The van der Waals surface area contributed by atoms with Gasteiger partial charge in [0, 0.05) is 24.7 Å². The number of nitrogens with zero attached hydrogens (tertiary/aromatic N) is 5. The van der Waals surface area contributed by atoms with Crippen LogP contribution >= 0.6 is 11.6 Å². The predicted molar refractivity (Wildman–Crippen MR) is 99.5 cm³/mol. The standard InChI is InChI=1S/C18H15ClFN5O4/c1-2-29-14-7-13(18(27)28)25-12(14)5-9(6-15(25)26)16-11(24-8-21-22-23-24)4-3-10(19)17(16)20/h3-6,8,13-14H,2,7H2,1H3,(H,27,28)/t13-,14?/m0/s1. The minimum absolute atomic E-state index is 0.0272. The number of tetrazole rings is 1. The van der Waals surface area contributed by atoms with Crippen LogP contribution in [-0.2, 0) is 9.53 Å². The van der Waals surface area contributed by atoms with Crippen molar-refractivity contribution >= 4 is 17.6 Å². The summed E-state index contributed by atoms with van der Waals surface area (Å²) in [6, 6.07) is 4.57. The number of aliphatic carboxylic acids is 1. The van der Waals surface area contributed by atoms with E-state index < -0.39 is 29.5 Å². The summed E-state index contributed by atoms with van der Waals surface area (Å²) in [4.78, 5) is 24.4. The van der Waals surface area contributed by atoms with Gasteiger partial charge in [-0.25, -0.2) is 9.18 Å². The molecule has 3 aromatic rings. The van der Waals surface area contributed by atoms with E-state index in [-0.39, 0.29) is 28.3 Å². The van der Waals surface area contributed by atoms with Gasteiger partial charge in [-0.05, 0) is 41.1 Å². The predicted octanol–water partition coefficient (Wildman–Crippen LogP) is 2.39. The van der Waals surface area contributed by atoms with Crippen LogP contribution in [0.15, 0.2) is 35.4 Å². The highest BCUT2D eigenvalue weighted by Gasteiger charge is 2.37. The number of rotatable bonds is 5. The number of carbonyl (C=O) groups is 1. The van der Waals surface area contributed by atoms with Crippen molar-refractivity contribution in [3.05, 3.63) is 57.5 Å². The number of hydrogen-bond acceptors (Lipinski definition) is 6. The zero-order valence-corrected chi connectivity index (χ0v) is 15.9. The van der Waals surface area contributed by atoms with E-state index in [0.717, 1.165) is 0 Å². The van der Waals surface area contributed by atoms with Gasteiger partial charge < -0.3 is 9.84 Å². The molecule has 0 radical (unpaired) electrons. The highest BCUT2D eigenvalue weighted by atomic mass is 35.5. The lowest BCUT2D eigenvalue weighted by Crippen LogP contribution is -2.27. The second-order valence-electron chi connectivity index (χ2n) is 6.42. The third-order valence-electron chi connectivity index (χ3n) is 4.79. The van der Waals surface area contributed by atoms with Crippen molar-refractivity contribution in [1.82, 2.24) is 24.8 Å². The Morgan fingerprint density at radius 2 is 2.21 bits per heavy atom. The minimum atomic E-state index is -1.13. The van der Waals surface area contributed by atoms with Crippen LogP contribution in [0.4, 0.5) is 4.39 Å². The van der Waals surface area contributed by atoms with Crippen LogP contribution in [-0.4, -0.2) is 42.5 Å². The zero-order valence-electron chi connectivity index (χ0n) is 15.1. The summed E-state index contributed by atoms with van der Waals surface area (Å²) in [5.74, 6) is -1.88. The molecule has 0 bridgehead atoms. The fraction of sp³-hybridized carbons (Fsp3) is 0.278. The molecule has 0 fully saturated rings. The van der Waals surface area contributed by atoms with E-state index in [1.165, 1.54) is 33.8 Å². The number of carboxylic acid groups (broad SMARTS) is 1. The minimum Gasteiger partial charge on any atom is -0.480 e. The van der Waals surface area contributed by atoms with Crippen molar-refractivity contribution in [2.75, 3.05) is 6.61 Å². The fourth-order valence-electron chi connectivity index (χ4n) is 3.60. The lowest BCUT2D eigenvalue weighted by Gasteiger charge is -2.15. The first kappa shape index (κ1) is 19.2. The molecular weight excluding hydrogens is 405 g/mol. The molecule has 1 N–H and O–H groups in total. The Kier molecular flexibility index (Phi) is 4.89. The quantitative estimate of drug-likeness (QED) is 0.675. The Bertz CT molecular complexity index is 1150. The SMILES string of the molecule is CCOC1C[C@@H](C(=O)O)n2c1cc(-c1c(-n3cnnn3)ccc(Cl)c1F)cc2=O. The van der Waals surface area contributed by atoms with Crippen molar-refractivity contribution in [2.45, 2.75) is 25.5 Å². The van der Waals surface area contributed by atoms with E-state index in [1.807, 2.05) is 0 Å². The fourth-order valence-corrected chi connectivity index (χ4v) is 3.76. The van der Waals surface area contributed by atoms with E-state index in [2.05, 4.69) is 15.5 Å². The van der Waals surface area contributed by atoms with E-state index in [1.54, 1.807) is 13.0 Å². The normalized spacial score (nSPS) is 18.0. The van der Waals surface area contributed by atoms with E-state index >= 15 is 4.39 Å². The van der Waals surface area contributed by atoms with Crippen LogP contribution in [0, 0.1) is 5.82 Å². The Morgan fingerprint density at radius 1 is 1.41 bits per heavy atom. The molecule has 0 amide bonds. The number of benzene rings is 1. The molecular formula is C18H15ClFN5O4. The van der Waals surface area contributed by atoms with Crippen molar-refractivity contribution in [2.24, 2.45) is 0 Å². The van der Waals surface area contributed by atoms with Crippen molar-refractivity contribution in [3.63, 3.8) is 0 Å². The van der Waals surface area contributed by atoms with Gasteiger partial charge in [-0.1, -0.05) is 11.6 Å². The topological polar surface area (TPSA) is 112 Å². The van der Waals surface area contributed by atoms with Gasteiger partial charge in [0.25, 0.3) is 5.56 Å². The van der Waals surface area contributed by atoms with Crippen LogP contribution in [0.1, 0.15) is 31.2 Å². The molecule has 1 aromatic carbocycles. The Balaban J connectivity index is 1.96. The zero-order chi connectivity index (χ0) is 20.7. The van der Waals surface area contributed by atoms with E-state index in [0.29, 0.717) is 12.3 Å². The number of pyridine rings is 1. The number of fused-ring (bicyclic) bond motifs is 1. The third kappa shape index (κ3) is 3.19. The molecule has 0 spiro atoms. The Labute approximate surface area is 168 Å². The summed E-state index contributed by atoms with van der Waals surface area (Å²) in [5, 5.41) is 20.2. The van der Waals surface area contributed by atoms with E-state index in [4.69, 9.17) is 16.3 Å². The second-order valence-corrected chi connectivity index (χ2v) is 6.83. The number of halogens is 2. The van der Waals surface area contributed by atoms with Crippen LogP contribution in [0.5, 0.6) is 0 Å². The largest absolute Gasteiger partial charge is 0.480 e. The first-order valence-corrected chi connectivity index (χ1v) is 9.12. The molecule has 29 heavy (non-hydrogen) atoms. The maximum Gasteiger partial charge on any atom is 0.326 e. The summed E-state index contributed by atoms with van der Waals surface area (Å²) < 4.78 is 23.1. The molecule has 11 heteroatoms. The molecule has 0 aliphatic carbocycles. The summed E-state index contributed by atoms with van der Waals surface area (Å²) in [6.45, 7) is 2.10. The highest BCUT2D eigenvalue weighted by molar-refractivity contribution is 6.31. The molecule has 150 valence electrons. The van der Waals surface area contributed by atoms with Gasteiger partial charge in [-0.15, -0.1) is 5.10 Å². The van der Waals surface area contributed by atoms with E-state index in [9.17, 15) is 14.7 Å². The van der Waals surface area contributed by atoms with Gasteiger partial charge in [0.2, 0.25) is 0 Å². The van der Waals surface area contributed by atoms with Gasteiger partial charge in [0.05, 0.1) is 16.4 Å². The maximum absolute atomic E-state index is 15.0. The van der Waals surface area contributed by atoms with Crippen LogP contribution < -0.4 is 5.56 Å². The number of carboxylic acids is 1. The molecule has 2 atom stereocenters. The lowest BCUT2D eigenvalue weighted by atomic mass is 10.0. The molecule has 9 nitrogen and oxygen atoms in total. The van der Waals surface area contributed by atoms with Crippen LogP contribution in [0.25, 0.3) is 16.8 Å². The lowest BCUT2D eigenvalue weighted by molar-refractivity contribution is -0.141. The van der Waals surface area contributed by atoms with Crippen molar-refractivity contribution < 1.29 is 19.0 Å². The number of hydrogen-bond donors (Lipinski definition) is 1. The maximum atomic E-state index is 15.0. The molecule has 1 aliphatic rings. The van der Waals surface area contributed by atoms with Crippen molar-refractivity contribution in [1.29, 1.82) is 0 Å². The molecule has 0 saturated heterocycles. The monoisotopic (exact) mass is 419 g/mol. The van der Waals surface area contributed by atoms with Crippen LogP contribution in [0.3, 0.4) is 0 Å². The smallest absolute Gasteiger partial charge is 0.326 e. The first-order valence-electron chi connectivity index (χ1n) is 8.75. The molecule has 4 rings (SSSR count). The Morgan fingerprint density at radius 3 is 2.86 bits per heavy atom. The summed E-state index contributed by atoms with van der Waals surface area (Å²) >= 11 is 5.98. The molecule has 3 heterocycles. The molecule has 0 saturated carbocycles. The molecule has 2 aromatic heterocycles. The van der Waals surface area contributed by atoms with Crippen molar-refractivity contribution in [3.8, 4) is 16.8 Å². The Hall–Kier alpha value is -3.11. The van der Waals surface area contributed by atoms with Gasteiger partial charge in [-0.3, -0.25) is 9.36 Å². The summed E-state index contributed by atoms with van der Waals surface area (Å²) in [5.41, 5.74) is 0.321. The van der Waals surface area contributed by atoms with Gasteiger partial charge in [0.15, 0.2) is 5.82 Å². The highest BCUT2D eigenvalue weighted by Crippen LogP contribution is 2.39. The van der Waals surface area contributed by atoms with Crippen LogP contribution in [0.2, 0.25) is 5.02 Å². The van der Waals surface area contributed by atoms with Gasteiger partial charge in [0.1, 0.15) is 18.5 Å². The van der Waals surface area contributed by atoms with Gasteiger partial charge >= 0.3 is 5.97 Å². The number of ether oxygens (including phenoxy) is 1. The third-order valence-corrected chi connectivity index (χ3v) is 5.08. The summed E-state index contributed by atoms with van der Waals surface area (Å²) in [7, 11) is 0. The first-order chi connectivity index (χ1) is 13.9. The average molecular weight is 420 g/mol.